The van der Waals surface area contributed by atoms with Crippen LogP contribution in [0.15, 0.2) is 22.7 Å². The van der Waals surface area contributed by atoms with Gasteiger partial charge >= 0.3 is 6.03 Å². The highest BCUT2D eigenvalue weighted by molar-refractivity contribution is 9.10. The molecule has 8 heteroatoms. The summed E-state index contributed by atoms with van der Waals surface area (Å²) in [6, 6.07) is 3.97. The van der Waals surface area contributed by atoms with E-state index in [0.717, 1.165) is 10.9 Å². The lowest BCUT2D eigenvalue weighted by Gasteiger charge is -2.35. The van der Waals surface area contributed by atoms with Crippen LogP contribution in [0.2, 0.25) is 0 Å². The molecule has 0 radical (unpaired) electrons. The van der Waals surface area contributed by atoms with Gasteiger partial charge in [-0.05, 0) is 43.4 Å². The van der Waals surface area contributed by atoms with Crippen LogP contribution in [0.25, 0.3) is 0 Å². The zero-order chi connectivity index (χ0) is 21.0. The SMILES string of the molecule is CC(NC(=O)Nc1ccc(Br)cc1C(=O)N1C[C@H](C)C[C@H](C)C1)C(=O)N(C)C. The molecule has 1 fully saturated rings. The minimum absolute atomic E-state index is 0.104. The van der Waals surface area contributed by atoms with Crippen molar-refractivity contribution in [2.24, 2.45) is 11.8 Å². The van der Waals surface area contributed by atoms with E-state index in [1.54, 1.807) is 39.2 Å². The van der Waals surface area contributed by atoms with Gasteiger partial charge in [0.1, 0.15) is 6.04 Å². The number of amides is 4. The summed E-state index contributed by atoms with van der Waals surface area (Å²) >= 11 is 3.40. The van der Waals surface area contributed by atoms with Crippen molar-refractivity contribution in [3.05, 3.63) is 28.2 Å². The van der Waals surface area contributed by atoms with E-state index in [4.69, 9.17) is 0 Å². The van der Waals surface area contributed by atoms with E-state index < -0.39 is 12.1 Å². The van der Waals surface area contributed by atoms with Crippen LogP contribution in [0.1, 0.15) is 37.6 Å². The zero-order valence-electron chi connectivity index (χ0n) is 17.1. The Kier molecular flexibility index (Phi) is 7.46. The molecule has 0 aliphatic carbocycles. The second kappa shape index (κ2) is 9.41. The Morgan fingerprint density at radius 2 is 1.79 bits per heavy atom. The van der Waals surface area contributed by atoms with Crippen molar-refractivity contribution < 1.29 is 14.4 Å². The molecule has 1 heterocycles. The Hall–Kier alpha value is -2.09. The Balaban J connectivity index is 2.16. The molecule has 154 valence electrons. The number of carbonyl (C=O) groups excluding carboxylic acids is 3. The molecule has 2 N–H and O–H groups in total. The van der Waals surface area contributed by atoms with Gasteiger partial charge in [0, 0.05) is 31.7 Å². The lowest BCUT2D eigenvalue weighted by Crippen LogP contribution is -2.46. The molecule has 7 nitrogen and oxygen atoms in total. The summed E-state index contributed by atoms with van der Waals surface area (Å²) in [5.41, 5.74) is 0.846. The van der Waals surface area contributed by atoms with E-state index in [1.165, 1.54) is 4.90 Å². The predicted octanol–water partition coefficient (Wildman–Crippen LogP) is 3.17. The predicted molar refractivity (Wildman–Crippen MR) is 113 cm³/mol. The highest BCUT2D eigenvalue weighted by Gasteiger charge is 2.28. The third-order valence-electron chi connectivity index (χ3n) is 4.78. The molecule has 2 rings (SSSR count). The highest BCUT2D eigenvalue weighted by Crippen LogP contribution is 2.27. The van der Waals surface area contributed by atoms with Gasteiger partial charge in [-0.15, -0.1) is 0 Å². The molecule has 1 aliphatic heterocycles. The standard InChI is InChI=1S/C20H29BrN4O3/c1-12-8-13(2)11-25(10-12)19(27)16-9-15(21)6-7-17(16)23-20(28)22-14(3)18(26)24(4)5/h6-7,9,12-14H,8,10-11H2,1-5H3,(H2,22,23,28)/t12-,13+,14?. The second-order valence-corrected chi connectivity index (χ2v) is 8.81. The lowest BCUT2D eigenvalue weighted by atomic mass is 9.91. The number of anilines is 1. The largest absolute Gasteiger partial charge is 0.347 e. The van der Waals surface area contributed by atoms with E-state index in [2.05, 4.69) is 40.4 Å². The maximum Gasteiger partial charge on any atom is 0.319 e. The number of nitrogens with zero attached hydrogens (tertiary/aromatic N) is 2. The number of likely N-dealkylation sites (tertiary alicyclic amines) is 1. The summed E-state index contributed by atoms with van der Waals surface area (Å²) in [4.78, 5) is 40.7. The van der Waals surface area contributed by atoms with Crippen LogP contribution in [0.5, 0.6) is 0 Å². The van der Waals surface area contributed by atoms with Crippen LogP contribution in [-0.4, -0.2) is 60.9 Å². The average Bonchev–Trinajstić information content (AvgIpc) is 2.60. The van der Waals surface area contributed by atoms with Gasteiger partial charge in [0.25, 0.3) is 5.91 Å². The summed E-state index contributed by atoms with van der Waals surface area (Å²) in [5.74, 6) is 0.570. The maximum atomic E-state index is 13.1. The molecule has 1 aromatic carbocycles. The van der Waals surface area contributed by atoms with Crippen LogP contribution in [0.4, 0.5) is 10.5 Å². The van der Waals surface area contributed by atoms with E-state index >= 15 is 0 Å². The summed E-state index contributed by atoms with van der Waals surface area (Å²) in [7, 11) is 3.26. The number of likely N-dealkylation sites (N-methyl/N-ethyl adjacent to an activating group) is 1. The summed E-state index contributed by atoms with van der Waals surface area (Å²) in [6.07, 6.45) is 1.10. The van der Waals surface area contributed by atoms with Gasteiger partial charge in [-0.3, -0.25) is 9.59 Å². The third kappa shape index (κ3) is 5.70. The fourth-order valence-corrected chi connectivity index (χ4v) is 3.97. The van der Waals surface area contributed by atoms with E-state index in [-0.39, 0.29) is 11.8 Å². The zero-order valence-corrected chi connectivity index (χ0v) is 18.7. The number of rotatable bonds is 4. The molecule has 1 saturated heterocycles. The van der Waals surface area contributed by atoms with Crippen molar-refractivity contribution in [3.63, 3.8) is 0 Å². The van der Waals surface area contributed by atoms with E-state index in [1.807, 2.05) is 4.90 Å². The van der Waals surface area contributed by atoms with E-state index in [0.29, 0.717) is 36.2 Å². The number of piperidine rings is 1. The van der Waals surface area contributed by atoms with Gasteiger partial charge in [0.2, 0.25) is 5.91 Å². The second-order valence-electron chi connectivity index (χ2n) is 7.90. The van der Waals surface area contributed by atoms with Crippen molar-refractivity contribution in [3.8, 4) is 0 Å². The number of benzene rings is 1. The molecule has 1 unspecified atom stereocenters. The van der Waals surface area contributed by atoms with E-state index in [9.17, 15) is 14.4 Å². The minimum atomic E-state index is -0.673. The molecule has 3 atom stereocenters. The van der Waals surface area contributed by atoms with Crippen molar-refractivity contribution in [1.82, 2.24) is 15.1 Å². The first-order valence-corrected chi connectivity index (χ1v) is 10.2. The number of nitrogens with one attached hydrogen (secondary N) is 2. The lowest BCUT2D eigenvalue weighted by molar-refractivity contribution is -0.130. The molecule has 0 spiro atoms. The number of carbonyl (C=O) groups is 3. The van der Waals surface area contributed by atoms with Gasteiger partial charge in [-0.2, -0.15) is 0 Å². The first-order chi connectivity index (χ1) is 13.1. The molecule has 1 aliphatic rings. The number of hydrogen-bond acceptors (Lipinski definition) is 3. The fourth-order valence-electron chi connectivity index (χ4n) is 3.61. The quantitative estimate of drug-likeness (QED) is 0.735. The van der Waals surface area contributed by atoms with Gasteiger partial charge in [0.05, 0.1) is 11.3 Å². The van der Waals surface area contributed by atoms with Gasteiger partial charge in [-0.25, -0.2) is 4.79 Å². The molecule has 0 saturated carbocycles. The third-order valence-corrected chi connectivity index (χ3v) is 5.27. The van der Waals surface area contributed by atoms with Crippen molar-refractivity contribution in [1.29, 1.82) is 0 Å². The first kappa shape index (κ1) is 22.2. The normalized spacial score (nSPS) is 20.3. The Labute approximate surface area is 175 Å². The smallest absolute Gasteiger partial charge is 0.319 e. The molecular weight excluding hydrogens is 424 g/mol. The molecule has 0 aromatic heterocycles. The molecule has 4 amide bonds. The molecule has 28 heavy (non-hydrogen) atoms. The van der Waals surface area contributed by atoms with Gasteiger partial charge in [0.15, 0.2) is 0 Å². The molecule has 1 aromatic rings. The Morgan fingerprint density at radius 1 is 1.18 bits per heavy atom. The van der Waals surface area contributed by atoms with Crippen molar-refractivity contribution in [2.75, 3.05) is 32.5 Å². The molecular formula is C20H29BrN4O3. The van der Waals surface area contributed by atoms with Crippen molar-refractivity contribution in [2.45, 2.75) is 33.2 Å². The Bertz CT molecular complexity index is 743. The molecule has 0 bridgehead atoms. The number of hydrogen-bond donors (Lipinski definition) is 2. The van der Waals surface area contributed by atoms with Crippen LogP contribution in [-0.2, 0) is 4.79 Å². The van der Waals surface area contributed by atoms with Crippen LogP contribution in [0.3, 0.4) is 0 Å². The maximum absolute atomic E-state index is 13.1. The summed E-state index contributed by atoms with van der Waals surface area (Å²) < 4.78 is 0.760. The van der Waals surface area contributed by atoms with Crippen molar-refractivity contribution >= 4 is 39.5 Å². The topological polar surface area (TPSA) is 81.8 Å². The minimum Gasteiger partial charge on any atom is -0.347 e. The van der Waals surface area contributed by atoms with Crippen LogP contribution in [0, 0.1) is 11.8 Å². The highest BCUT2D eigenvalue weighted by atomic mass is 79.9. The van der Waals surface area contributed by atoms with Crippen LogP contribution < -0.4 is 10.6 Å². The number of urea groups is 1. The fraction of sp³-hybridized carbons (Fsp3) is 0.550. The summed E-state index contributed by atoms with van der Waals surface area (Å²) in [5, 5.41) is 5.32. The monoisotopic (exact) mass is 452 g/mol. The average molecular weight is 453 g/mol. The van der Waals surface area contributed by atoms with Gasteiger partial charge in [-0.1, -0.05) is 29.8 Å². The Morgan fingerprint density at radius 3 is 2.36 bits per heavy atom. The number of halogens is 1. The van der Waals surface area contributed by atoms with Crippen LogP contribution >= 0.6 is 15.9 Å². The summed E-state index contributed by atoms with van der Waals surface area (Å²) in [6.45, 7) is 7.32. The van der Waals surface area contributed by atoms with Gasteiger partial charge < -0.3 is 20.4 Å². The first-order valence-electron chi connectivity index (χ1n) is 9.46.